The molecule has 1 aliphatic rings. The Morgan fingerprint density at radius 1 is 1.17 bits per heavy atom. The molecule has 0 heterocycles. The zero-order valence-corrected chi connectivity index (χ0v) is 21.3. The highest BCUT2D eigenvalue weighted by Crippen LogP contribution is 2.35. The van der Waals surface area contributed by atoms with Gasteiger partial charge in [-0.2, -0.15) is 0 Å². The van der Waals surface area contributed by atoms with Gasteiger partial charge in [-0.3, -0.25) is 14.4 Å². The van der Waals surface area contributed by atoms with E-state index >= 15 is 0 Å². The van der Waals surface area contributed by atoms with Crippen molar-refractivity contribution in [2.45, 2.75) is 77.6 Å². The van der Waals surface area contributed by atoms with Crippen molar-refractivity contribution in [1.29, 1.82) is 0 Å². The van der Waals surface area contributed by atoms with Crippen LogP contribution in [0.1, 0.15) is 62.8 Å². The van der Waals surface area contributed by atoms with Gasteiger partial charge in [-0.15, -0.1) is 0 Å². The number of carbonyl (C=O) groups excluding carboxylic acids is 4. The van der Waals surface area contributed by atoms with Crippen molar-refractivity contribution in [1.82, 2.24) is 15.5 Å². The van der Waals surface area contributed by atoms with Crippen molar-refractivity contribution < 1.29 is 33.8 Å². The lowest BCUT2D eigenvalue weighted by Gasteiger charge is -2.43. The zero-order valence-electron chi connectivity index (χ0n) is 21.3. The first kappa shape index (κ1) is 28.1. The molecule has 35 heavy (non-hydrogen) atoms. The van der Waals surface area contributed by atoms with Crippen LogP contribution in [-0.2, 0) is 23.9 Å². The van der Waals surface area contributed by atoms with E-state index in [1.807, 2.05) is 26.0 Å². The van der Waals surface area contributed by atoms with Crippen LogP contribution in [0.3, 0.4) is 0 Å². The molecule has 194 valence electrons. The van der Waals surface area contributed by atoms with E-state index in [0.717, 1.165) is 17.5 Å². The number of hydrogen-bond acceptors (Lipinski definition) is 7. The predicted octanol–water partition coefficient (Wildman–Crippen LogP) is 1.90. The Kier molecular flexibility index (Phi) is 9.64. The molecule has 2 atom stereocenters. The monoisotopic (exact) mass is 491 g/mol. The summed E-state index contributed by atoms with van der Waals surface area (Å²) < 4.78 is 9.86. The van der Waals surface area contributed by atoms with Crippen LogP contribution in [0, 0.1) is 13.8 Å². The SMILES string of the molecule is COC(=O)CNC(=O)C(c1ccc(C)cc1C)N(C(=O)C(CO)NC(=O)OC(C)(C)C)C1CCC1. The van der Waals surface area contributed by atoms with Gasteiger partial charge >= 0.3 is 12.1 Å². The van der Waals surface area contributed by atoms with E-state index in [-0.39, 0.29) is 12.6 Å². The fraction of sp³-hybridized carbons (Fsp3) is 0.600. The smallest absolute Gasteiger partial charge is 0.408 e. The number of aliphatic hydroxyl groups excluding tert-OH is 1. The number of aliphatic hydroxyl groups is 1. The second-order valence-corrected chi connectivity index (χ2v) is 9.77. The number of nitrogens with zero attached hydrogens (tertiary/aromatic N) is 1. The third kappa shape index (κ3) is 7.68. The van der Waals surface area contributed by atoms with E-state index < -0.39 is 48.2 Å². The van der Waals surface area contributed by atoms with Gasteiger partial charge in [0.05, 0.1) is 13.7 Å². The number of alkyl carbamates (subject to hydrolysis) is 1. The van der Waals surface area contributed by atoms with Gasteiger partial charge in [-0.05, 0) is 65.0 Å². The van der Waals surface area contributed by atoms with Crippen LogP contribution in [0.25, 0.3) is 0 Å². The maximum absolute atomic E-state index is 13.7. The van der Waals surface area contributed by atoms with Gasteiger partial charge in [0.1, 0.15) is 24.2 Å². The molecule has 1 aliphatic carbocycles. The first-order valence-corrected chi connectivity index (χ1v) is 11.7. The minimum atomic E-state index is -1.31. The number of rotatable bonds is 9. The third-order valence-corrected chi connectivity index (χ3v) is 5.78. The Bertz CT molecular complexity index is 937. The summed E-state index contributed by atoms with van der Waals surface area (Å²) in [5, 5.41) is 15.0. The Labute approximate surface area is 206 Å². The first-order chi connectivity index (χ1) is 16.4. The summed E-state index contributed by atoms with van der Waals surface area (Å²) in [6.07, 6.45) is 1.36. The average Bonchev–Trinajstić information content (AvgIpc) is 2.73. The van der Waals surface area contributed by atoms with Crippen LogP contribution in [0.5, 0.6) is 0 Å². The first-order valence-electron chi connectivity index (χ1n) is 11.7. The molecule has 0 saturated heterocycles. The van der Waals surface area contributed by atoms with Gasteiger partial charge in [0, 0.05) is 6.04 Å². The van der Waals surface area contributed by atoms with Gasteiger partial charge in [-0.25, -0.2) is 4.79 Å². The number of carbonyl (C=O) groups is 4. The van der Waals surface area contributed by atoms with Crippen LogP contribution in [0.15, 0.2) is 18.2 Å². The number of hydrogen-bond donors (Lipinski definition) is 3. The van der Waals surface area contributed by atoms with Gasteiger partial charge in [-0.1, -0.05) is 23.8 Å². The molecule has 1 saturated carbocycles. The summed E-state index contributed by atoms with van der Waals surface area (Å²) in [7, 11) is 1.22. The lowest BCUT2D eigenvalue weighted by atomic mass is 9.87. The Balaban J connectivity index is 2.45. The largest absolute Gasteiger partial charge is 0.468 e. The molecule has 1 aromatic carbocycles. The molecule has 1 fully saturated rings. The average molecular weight is 492 g/mol. The molecular weight excluding hydrogens is 454 g/mol. The Morgan fingerprint density at radius 2 is 1.83 bits per heavy atom. The highest BCUT2D eigenvalue weighted by Gasteiger charge is 2.42. The molecule has 0 radical (unpaired) electrons. The Morgan fingerprint density at radius 3 is 2.31 bits per heavy atom. The second-order valence-electron chi connectivity index (χ2n) is 9.77. The molecule has 10 nitrogen and oxygen atoms in total. The molecular formula is C25H37N3O7. The van der Waals surface area contributed by atoms with Gasteiger partial charge < -0.3 is 30.1 Å². The van der Waals surface area contributed by atoms with Gasteiger partial charge in [0.15, 0.2) is 0 Å². The zero-order chi connectivity index (χ0) is 26.3. The number of esters is 1. The van der Waals surface area contributed by atoms with E-state index in [4.69, 9.17) is 4.74 Å². The number of benzene rings is 1. The minimum absolute atomic E-state index is 0.272. The third-order valence-electron chi connectivity index (χ3n) is 5.78. The van der Waals surface area contributed by atoms with Crippen molar-refractivity contribution in [3.05, 3.63) is 34.9 Å². The van der Waals surface area contributed by atoms with Gasteiger partial charge in [0.2, 0.25) is 11.8 Å². The molecule has 0 bridgehead atoms. The number of amides is 3. The normalized spacial score (nSPS) is 15.3. The molecule has 2 rings (SSSR count). The summed E-state index contributed by atoms with van der Waals surface area (Å²) in [5.74, 6) is -1.79. The quantitative estimate of drug-likeness (QED) is 0.449. The molecule has 1 aromatic rings. The lowest BCUT2D eigenvalue weighted by molar-refractivity contribution is -0.149. The maximum atomic E-state index is 13.7. The number of nitrogens with one attached hydrogen (secondary N) is 2. The fourth-order valence-electron chi connectivity index (χ4n) is 3.88. The van der Waals surface area contributed by atoms with E-state index in [2.05, 4.69) is 15.4 Å². The molecule has 0 aromatic heterocycles. The van der Waals surface area contributed by atoms with Crippen LogP contribution in [-0.4, -0.2) is 71.8 Å². The highest BCUT2D eigenvalue weighted by molar-refractivity contribution is 5.93. The standard InChI is InChI=1S/C25H37N3O7/c1-15-10-11-18(16(2)12-15)21(22(31)26-13-20(30)34-6)28(17-8-7-9-17)23(32)19(14-29)27-24(33)35-25(3,4)5/h10-12,17,19,21,29H,7-9,13-14H2,1-6H3,(H,26,31)(H,27,33). The van der Waals surface area contributed by atoms with Crippen LogP contribution in [0.4, 0.5) is 4.79 Å². The van der Waals surface area contributed by atoms with Crippen LogP contribution in [0.2, 0.25) is 0 Å². The molecule has 10 heteroatoms. The second kappa shape index (κ2) is 12.0. The van der Waals surface area contributed by atoms with Crippen molar-refractivity contribution in [3.63, 3.8) is 0 Å². The van der Waals surface area contributed by atoms with E-state index in [9.17, 15) is 24.3 Å². The molecule has 0 aliphatic heterocycles. The molecule has 3 amide bonds. The highest BCUT2D eigenvalue weighted by atomic mass is 16.6. The minimum Gasteiger partial charge on any atom is -0.468 e. The van der Waals surface area contributed by atoms with Gasteiger partial charge in [0.25, 0.3) is 0 Å². The fourth-order valence-corrected chi connectivity index (χ4v) is 3.88. The summed E-state index contributed by atoms with van der Waals surface area (Å²) in [6.45, 7) is 7.79. The van der Waals surface area contributed by atoms with Crippen LogP contribution >= 0.6 is 0 Å². The maximum Gasteiger partial charge on any atom is 0.408 e. The number of ether oxygens (including phenoxy) is 2. The van der Waals surface area contributed by atoms with Crippen LogP contribution < -0.4 is 10.6 Å². The lowest BCUT2D eigenvalue weighted by Crippen LogP contribution is -2.58. The van der Waals surface area contributed by atoms with Crippen molar-refractivity contribution in [3.8, 4) is 0 Å². The summed E-state index contributed by atoms with van der Waals surface area (Å²) in [6, 6.07) is 2.86. The Hall–Kier alpha value is -3.14. The molecule has 0 spiro atoms. The number of methoxy groups -OCH3 is 1. The topological polar surface area (TPSA) is 134 Å². The van der Waals surface area contributed by atoms with E-state index in [1.165, 1.54) is 12.0 Å². The predicted molar refractivity (Wildman–Crippen MR) is 128 cm³/mol. The van der Waals surface area contributed by atoms with Crippen molar-refractivity contribution in [2.75, 3.05) is 20.3 Å². The number of aryl methyl sites for hydroxylation is 2. The summed E-state index contributed by atoms with van der Waals surface area (Å²) >= 11 is 0. The molecule has 2 unspecified atom stereocenters. The summed E-state index contributed by atoms with van der Waals surface area (Å²) in [5.41, 5.74) is 1.57. The summed E-state index contributed by atoms with van der Waals surface area (Å²) in [4.78, 5) is 52.6. The van der Waals surface area contributed by atoms with Crippen molar-refractivity contribution in [2.24, 2.45) is 0 Å². The van der Waals surface area contributed by atoms with E-state index in [1.54, 1.807) is 26.8 Å². The molecule has 3 N–H and O–H groups in total. The van der Waals surface area contributed by atoms with E-state index in [0.29, 0.717) is 18.4 Å². The van der Waals surface area contributed by atoms with Crippen molar-refractivity contribution >= 4 is 23.9 Å².